The Labute approximate surface area is 132 Å². The van der Waals surface area contributed by atoms with E-state index in [4.69, 9.17) is 4.74 Å². The molecule has 114 valence electrons. The summed E-state index contributed by atoms with van der Waals surface area (Å²) >= 11 is 0. The number of nitrogens with zero attached hydrogens (tertiary/aromatic N) is 2. The molecular weight excluding hydrogens is 286 g/mol. The minimum Gasteiger partial charge on any atom is -0.424 e. The van der Waals surface area contributed by atoms with Crippen LogP contribution in [0, 0.1) is 0 Å². The lowest BCUT2D eigenvalue weighted by Crippen LogP contribution is -2.14. The topological polar surface area (TPSA) is 47.0 Å². The van der Waals surface area contributed by atoms with Crippen LogP contribution in [0.1, 0.15) is 31.7 Å². The van der Waals surface area contributed by atoms with Crippen LogP contribution in [0.25, 0.3) is 0 Å². The molecule has 1 heterocycles. The Morgan fingerprint density at radius 2 is 1.90 bits per heavy atom. The second-order valence-corrected chi connectivity index (χ2v) is 4.66. The molecule has 0 aliphatic carbocycles. The summed E-state index contributed by atoms with van der Waals surface area (Å²) in [6.45, 7) is 4.13. The normalized spacial score (nSPS) is 9.95. The standard InChI is InChI=1S/C16H21N3O.ClH/c1-2-3-4-9-17-13-14-7-5-8-15(12-14)20-16-18-10-6-11-19-16;/h5-8,10-12,17H,2-4,9,13H2,1H3;1H. The van der Waals surface area contributed by atoms with Gasteiger partial charge in [0.2, 0.25) is 0 Å². The molecule has 0 saturated heterocycles. The fourth-order valence-corrected chi connectivity index (χ4v) is 1.90. The number of halogens is 1. The minimum atomic E-state index is 0. The Balaban J connectivity index is 0.00000220. The zero-order chi connectivity index (χ0) is 14.0. The number of hydrogen-bond acceptors (Lipinski definition) is 4. The van der Waals surface area contributed by atoms with Gasteiger partial charge in [0.25, 0.3) is 0 Å². The molecule has 5 heteroatoms. The molecule has 0 fully saturated rings. The summed E-state index contributed by atoms with van der Waals surface area (Å²) in [5.41, 5.74) is 1.20. The van der Waals surface area contributed by atoms with Gasteiger partial charge in [0, 0.05) is 18.9 Å². The molecule has 0 aliphatic rings. The van der Waals surface area contributed by atoms with Gasteiger partial charge in [-0.05, 0) is 36.7 Å². The molecule has 1 aromatic heterocycles. The van der Waals surface area contributed by atoms with Crippen LogP contribution in [-0.2, 0) is 6.54 Å². The monoisotopic (exact) mass is 307 g/mol. The molecule has 4 nitrogen and oxygen atoms in total. The van der Waals surface area contributed by atoms with Gasteiger partial charge in [0.05, 0.1) is 0 Å². The van der Waals surface area contributed by atoms with Crippen molar-refractivity contribution in [2.75, 3.05) is 6.54 Å². The van der Waals surface area contributed by atoms with Gasteiger partial charge in [0.1, 0.15) is 5.75 Å². The van der Waals surface area contributed by atoms with Crippen molar-refractivity contribution in [1.29, 1.82) is 0 Å². The molecule has 0 radical (unpaired) electrons. The highest BCUT2D eigenvalue weighted by Gasteiger charge is 2.00. The Morgan fingerprint density at radius 3 is 2.67 bits per heavy atom. The maximum absolute atomic E-state index is 5.61. The third-order valence-electron chi connectivity index (χ3n) is 2.94. The van der Waals surface area contributed by atoms with Crippen molar-refractivity contribution in [3.05, 3.63) is 48.3 Å². The van der Waals surface area contributed by atoms with Crippen molar-refractivity contribution in [3.8, 4) is 11.8 Å². The third-order valence-corrected chi connectivity index (χ3v) is 2.94. The number of nitrogens with one attached hydrogen (secondary N) is 1. The van der Waals surface area contributed by atoms with Crippen molar-refractivity contribution in [2.45, 2.75) is 32.7 Å². The fourth-order valence-electron chi connectivity index (χ4n) is 1.90. The first-order valence-corrected chi connectivity index (χ1v) is 7.13. The molecule has 2 rings (SSSR count). The zero-order valence-electron chi connectivity index (χ0n) is 12.3. The van der Waals surface area contributed by atoms with Gasteiger partial charge in [-0.3, -0.25) is 0 Å². The first kappa shape index (κ1) is 17.4. The molecule has 1 aromatic carbocycles. The number of rotatable bonds is 8. The van der Waals surface area contributed by atoms with E-state index < -0.39 is 0 Å². The van der Waals surface area contributed by atoms with Crippen LogP contribution in [0.5, 0.6) is 11.8 Å². The van der Waals surface area contributed by atoms with E-state index in [0.29, 0.717) is 6.01 Å². The molecule has 0 amide bonds. The van der Waals surface area contributed by atoms with Gasteiger partial charge in [-0.2, -0.15) is 0 Å². The van der Waals surface area contributed by atoms with Gasteiger partial charge >= 0.3 is 6.01 Å². The maximum atomic E-state index is 5.61. The number of ether oxygens (including phenoxy) is 1. The summed E-state index contributed by atoms with van der Waals surface area (Å²) in [7, 11) is 0. The maximum Gasteiger partial charge on any atom is 0.321 e. The molecule has 2 aromatic rings. The first-order valence-electron chi connectivity index (χ1n) is 7.13. The molecule has 0 unspecified atom stereocenters. The van der Waals surface area contributed by atoms with Crippen LogP contribution in [0.3, 0.4) is 0 Å². The van der Waals surface area contributed by atoms with Gasteiger partial charge in [-0.15, -0.1) is 12.4 Å². The molecule has 0 spiro atoms. The van der Waals surface area contributed by atoms with E-state index in [1.54, 1.807) is 18.5 Å². The van der Waals surface area contributed by atoms with Crippen molar-refractivity contribution in [2.24, 2.45) is 0 Å². The molecule has 0 bridgehead atoms. The van der Waals surface area contributed by atoms with Crippen molar-refractivity contribution >= 4 is 12.4 Å². The van der Waals surface area contributed by atoms with Crippen LogP contribution in [-0.4, -0.2) is 16.5 Å². The van der Waals surface area contributed by atoms with Crippen LogP contribution >= 0.6 is 12.4 Å². The van der Waals surface area contributed by atoms with Crippen molar-refractivity contribution < 1.29 is 4.74 Å². The summed E-state index contributed by atoms with van der Waals surface area (Å²) in [4.78, 5) is 8.10. The quantitative estimate of drug-likeness (QED) is 0.750. The fraction of sp³-hybridized carbons (Fsp3) is 0.375. The van der Waals surface area contributed by atoms with Crippen molar-refractivity contribution in [3.63, 3.8) is 0 Å². The second-order valence-electron chi connectivity index (χ2n) is 4.66. The lowest BCUT2D eigenvalue weighted by Gasteiger charge is -2.07. The number of hydrogen-bond donors (Lipinski definition) is 1. The van der Waals surface area contributed by atoms with E-state index >= 15 is 0 Å². The summed E-state index contributed by atoms with van der Waals surface area (Å²) < 4.78 is 5.61. The average molecular weight is 308 g/mol. The van der Waals surface area contributed by atoms with Crippen LogP contribution in [0.15, 0.2) is 42.7 Å². The molecule has 1 N–H and O–H groups in total. The SMILES string of the molecule is CCCCCNCc1cccc(Oc2ncccn2)c1.Cl. The third kappa shape index (κ3) is 6.56. The summed E-state index contributed by atoms with van der Waals surface area (Å²) in [6, 6.07) is 10.1. The first-order chi connectivity index (χ1) is 9.88. The second kappa shape index (κ2) is 10.1. The van der Waals surface area contributed by atoms with E-state index in [2.05, 4.69) is 28.3 Å². The lowest BCUT2D eigenvalue weighted by atomic mass is 10.2. The van der Waals surface area contributed by atoms with Gasteiger partial charge < -0.3 is 10.1 Å². The van der Waals surface area contributed by atoms with Gasteiger partial charge in [-0.25, -0.2) is 9.97 Å². The summed E-state index contributed by atoms with van der Waals surface area (Å²) in [5, 5.41) is 3.44. The van der Waals surface area contributed by atoms with E-state index in [9.17, 15) is 0 Å². The Morgan fingerprint density at radius 1 is 1.10 bits per heavy atom. The highest BCUT2D eigenvalue weighted by Crippen LogP contribution is 2.18. The van der Waals surface area contributed by atoms with E-state index in [1.165, 1.54) is 24.8 Å². The van der Waals surface area contributed by atoms with Gasteiger partial charge in [-0.1, -0.05) is 31.9 Å². The average Bonchev–Trinajstić information content (AvgIpc) is 2.48. The van der Waals surface area contributed by atoms with Gasteiger partial charge in [0.15, 0.2) is 0 Å². The Kier molecular flexibility index (Phi) is 8.40. The Bertz CT molecular complexity index is 508. The van der Waals surface area contributed by atoms with Crippen LogP contribution in [0.4, 0.5) is 0 Å². The minimum absolute atomic E-state index is 0. The summed E-state index contributed by atoms with van der Waals surface area (Å²) in [6.07, 6.45) is 7.09. The van der Waals surface area contributed by atoms with E-state index in [-0.39, 0.29) is 12.4 Å². The predicted octanol–water partition coefficient (Wildman–Crippen LogP) is 3.97. The molecule has 0 aliphatic heterocycles. The number of aromatic nitrogens is 2. The summed E-state index contributed by atoms with van der Waals surface area (Å²) in [5.74, 6) is 0.768. The largest absolute Gasteiger partial charge is 0.424 e. The van der Waals surface area contributed by atoms with E-state index in [0.717, 1.165) is 18.8 Å². The predicted molar refractivity (Wildman–Crippen MR) is 87.0 cm³/mol. The Hall–Kier alpha value is -1.65. The lowest BCUT2D eigenvalue weighted by molar-refractivity contribution is 0.441. The van der Waals surface area contributed by atoms with Crippen molar-refractivity contribution in [1.82, 2.24) is 15.3 Å². The molecule has 21 heavy (non-hydrogen) atoms. The zero-order valence-corrected chi connectivity index (χ0v) is 13.1. The smallest absolute Gasteiger partial charge is 0.321 e. The van der Waals surface area contributed by atoms with E-state index in [1.807, 2.05) is 18.2 Å². The molecular formula is C16H22ClN3O. The number of benzene rings is 1. The highest BCUT2D eigenvalue weighted by atomic mass is 35.5. The molecule has 0 atom stereocenters. The van der Waals surface area contributed by atoms with Crippen LogP contribution in [0.2, 0.25) is 0 Å². The number of unbranched alkanes of at least 4 members (excludes halogenated alkanes) is 2. The highest BCUT2D eigenvalue weighted by molar-refractivity contribution is 5.85. The van der Waals surface area contributed by atoms with Crippen LogP contribution < -0.4 is 10.1 Å². The molecule has 0 saturated carbocycles.